The van der Waals surface area contributed by atoms with Gasteiger partial charge in [-0.15, -0.1) is 0 Å². The van der Waals surface area contributed by atoms with Crippen LogP contribution in [-0.2, 0) is 17.6 Å². The molecule has 2 aliphatic rings. The van der Waals surface area contributed by atoms with Gasteiger partial charge in [-0.3, -0.25) is 0 Å². The Morgan fingerprint density at radius 1 is 1.00 bits per heavy atom. The summed E-state index contributed by atoms with van der Waals surface area (Å²) in [5.41, 5.74) is 4.19. The SMILES string of the molecule is COCCc1ccc(O[C@@H]2c3ccccc3C[C@H]2C2CCC(C)C2)cc1. The fraction of sp³-hybridized carbons (Fsp3) is 0.500. The molecule has 0 amide bonds. The molecule has 2 aromatic carbocycles. The molecule has 2 nitrogen and oxygen atoms in total. The molecule has 0 radical (unpaired) electrons. The molecule has 0 spiro atoms. The maximum Gasteiger partial charge on any atom is 0.127 e. The van der Waals surface area contributed by atoms with Gasteiger partial charge in [-0.05, 0) is 66.3 Å². The Kier molecular flexibility index (Phi) is 5.31. The van der Waals surface area contributed by atoms with Crippen molar-refractivity contribution in [3.8, 4) is 5.75 Å². The average molecular weight is 351 g/mol. The summed E-state index contributed by atoms with van der Waals surface area (Å²) in [5.74, 6) is 3.27. The average Bonchev–Trinajstić information content (AvgIpc) is 3.25. The lowest BCUT2D eigenvalue weighted by molar-refractivity contribution is 0.110. The molecule has 0 bridgehead atoms. The van der Waals surface area contributed by atoms with Crippen molar-refractivity contribution >= 4 is 0 Å². The predicted molar refractivity (Wildman–Crippen MR) is 106 cm³/mol. The summed E-state index contributed by atoms with van der Waals surface area (Å²) < 4.78 is 11.8. The molecule has 0 N–H and O–H groups in total. The Bertz CT molecular complexity index is 721. The molecule has 4 rings (SSSR count). The largest absolute Gasteiger partial charge is 0.485 e. The quantitative estimate of drug-likeness (QED) is 0.675. The van der Waals surface area contributed by atoms with E-state index >= 15 is 0 Å². The highest BCUT2D eigenvalue weighted by atomic mass is 16.5. The van der Waals surface area contributed by atoms with Crippen LogP contribution in [0.4, 0.5) is 0 Å². The van der Waals surface area contributed by atoms with Crippen molar-refractivity contribution in [2.75, 3.05) is 13.7 Å². The lowest BCUT2D eigenvalue weighted by Crippen LogP contribution is -2.21. The van der Waals surface area contributed by atoms with Gasteiger partial charge in [0.2, 0.25) is 0 Å². The van der Waals surface area contributed by atoms with Crippen LogP contribution in [0.25, 0.3) is 0 Å². The first-order chi connectivity index (χ1) is 12.7. The van der Waals surface area contributed by atoms with Gasteiger partial charge in [0.05, 0.1) is 6.61 Å². The summed E-state index contributed by atoms with van der Waals surface area (Å²) in [6.45, 7) is 3.16. The Morgan fingerprint density at radius 3 is 2.54 bits per heavy atom. The van der Waals surface area contributed by atoms with Gasteiger partial charge < -0.3 is 9.47 Å². The van der Waals surface area contributed by atoms with Crippen LogP contribution in [0, 0.1) is 17.8 Å². The van der Waals surface area contributed by atoms with E-state index in [4.69, 9.17) is 9.47 Å². The van der Waals surface area contributed by atoms with Crippen molar-refractivity contribution in [2.45, 2.75) is 45.1 Å². The molecule has 2 unspecified atom stereocenters. The smallest absolute Gasteiger partial charge is 0.127 e. The second-order valence-corrected chi connectivity index (χ2v) is 8.17. The molecule has 138 valence electrons. The van der Waals surface area contributed by atoms with Crippen LogP contribution < -0.4 is 4.74 Å². The van der Waals surface area contributed by atoms with Gasteiger partial charge in [0.1, 0.15) is 11.9 Å². The molecule has 4 atom stereocenters. The number of fused-ring (bicyclic) bond motifs is 1. The molecule has 1 fully saturated rings. The van der Waals surface area contributed by atoms with E-state index in [1.165, 1.54) is 42.4 Å². The van der Waals surface area contributed by atoms with E-state index in [2.05, 4.69) is 55.5 Å². The summed E-state index contributed by atoms with van der Waals surface area (Å²) in [6.07, 6.45) is 6.41. The molecule has 0 heterocycles. The molecule has 0 aromatic heterocycles. The monoisotopic (exact) mass is 350 g/mol. The Hall–Kier alpha value is -1.80. The summed E-state index contributed by atoms with van der Waals surface area (Å²) in [6, 6.07) is 17.5. The summed E-state index contributed by atoms with van der Waals surface area (Å²) in [4.78, 5) is 0. The van der Waals surface area contributed by atoms with E-state index in [9.17, 15) is 0 Å². The van der Waals surface area contributed by atoms with E-state index in [1.54, 1.807) is 7.11 Å². The van der Waals surface area contributed by atoms with Gasteiger partial charge in [-0.25, -0.2) is 0 Å². The minimum Gasteiger partial charge on any atom is -0.485 e. The van der Waals surface area contributed by atoms with E-state index in [1.807, 2.05) is 0 Å². The van der Waals surface area contributed by atoms with Crippen molar-refractivity contribution in [1.82, 2.24) is 0 Å². The first kappa shape index (κ1) is 17.6. The molecule has 0 saturated heterocycles. The molecule has 1 saturated carbocycles. The maximum atomic E-state index is 6.59. The zero-order valence-corrected chi connectivity index (χ0v) is 16.0. The van der Waals surface area contributed by atoms with Crippen LogP contribution in [0.3, 0.4) is 0 Å². The van der Waals surface area contributed by atoms with Crippen LogP contribution in [-0.4, -0.2) is 13.7 Å². The summed E-state index contributed by atoms with van der Waals surface area (Å²) in [5, 5.41) is 0. The normalized spacial score (nSPS) is 27.5. The van der Waals surface area contributed by atoms with Crippen LogP contribution in [0.5, 0.6) is 5.75 Å². The Morgan fingerprint density at radius 2 is 1.81 bits per heavy atom. The van der Waals surface area contributed by atoms with Crippen molar-refractivity contribution in [3.05, 3.63) is 65.2 Å². The first-order valence-electron chi connectivity index (χ1n) is 10.1. The summed E-state index contributed by atoms with van der Waals surface area (Å²) >= 11 is 0. The van der Waals surface area contributed by atoms with Gasteiger partial charge in [0.15, 0.2) is 0 Å². The van der Waals surface area contributed by atoms with Crippen molar-refractivity contribution in [3.63, 3.8) is 0 Å². The molecule has 0 aliphatic heterocycles. The molecular weight excluding hydrogens is 320 g/mol. The highest BCUT2D eigenvalue weighted by Crippen LogP contribution is 2.48. The van der Waals surface area contributed by atoms with E-state index < -0.39 is 0 Å². The third-order valence-electron chi connectivity index (χ3n) is 6.33. The lowest BCUT2D eigenvalue weighted by atomic mass is 9.86. The molecular formula is C24H30O2. The van der Waals surface area contributed by atoms with E-state index in [0.29, 0.717) is 5.92 Å². The van der Waals surface area contributed by atoms with Crippen LogP contribution in [0.15, 0.2) is 48.5 Å². The van der Waals surface area contributed by atoms with Gasteiger partial charge in [0.25, 0.3) is 0 Å². The van der Waals surface area contributed by atoms with Crippen molar-refractivity contribution in [2.24, 2.45) is 17.8 Å². The fourth-order valence-corrected chi connectivity index (χ4v) is 4.90. The predicted octanol–water partition coefficient (Wildman–Crippen LogP) is 5.60. The Labute approximate surface area is 157 Å². The third kappa shape index (κ3) is 3.66. The molecule has 2 aliphatic carbocycles. The number of ether oxygens (including phenoxy) is 2. The number of methoxy groups -OCH3 is 1. The Balaban J connectivity index is 1.53. The number of benzene rings is 2. The topological polar surface area (TPSA) is 18.5 Å². The zero-order chi connectivity index (χ0) is 17.9. The number of hydrogen-bond acceptors (Lipinski definition) is 2. The first-order valence-corrected chi connectivity index (χ1v) is 10.1. The van der Waals surface area contributed by atoms with Crippen LogP contribution in [0.2, 0.25) is 0 Å². The van der Waals surface area contributed by atoms with Crippen molar-refractivity contribution < 1.29 is 9.47 Å². The van der Waals surface area contributed by atoms with Crippen LogP contribution in [0.1, 0.15) is 49.0 Å². The molecule has 26 heavy (non-hydrogen) atoms. The highest BCUT2D eigenvalue weighted by Gasteiger charge is 2.41. The lowest BCUT2D eigenvalue weighted by Gasteiger charge is -2.27. The maximum absolute atomic E-state index is 6.59. The van der Waals surface area contributed by atoms with Gasteiger partial charge in [0, 0.05) is 13.0 Å². The molecule has 2 aromatic rings. The van der Waals surface area contributed by atoms with Gasteiger partial charge in [-0.2, -0.15) is 0 Å². The zero-order valence-electron chi connectivity index (χ0n) is 16.0. The highest BCUT2D eigenvalue weighted by molar-refractivity contribution is 5.37. The standard InChI is InChI=1S/C24H30O2/c1-17-7-10-20(15-17)23-16-19-5-3-4-6-22(19)24(23)26-21-11-8-18(9-12-21)13-14-25-2/h3-6,8-9,11-12,17,20,23-24H,7,10,13-16H2,1-2H3/t17?,20?,23-,24+/m0/s1. The fourth-order valence-electron chi connectivity index (χ4n) is 4.90. The second kappa shape index (κ2) is 7.84. The second-order valence-electron chi connectivity index (χ2n) is 8.17. The van der Waals surface area contributed by atoms with Crippen molar-refractivity contribution in [1.29, 1.82) is 0 Å². The van der Waals surface area contributed by atoms with Crippen LogP contribution >= 0.6 is 0 Å². The van der Waals surface area contributed by atoms with Gasteiger partial charge >= 0.3 is 0 Å². The minimum absolute atomic E-state index is 0.200. The molecule has 2 heteroatoms. The van der Waals surface area contributed by atoms with E-state index in [0.717, 1.165) is 30.6 Å². The summed E-state index contributed by atoms with van der Waals surface area (Å²) in [7, 11) is 1.75. The third-order valence-corrected chi connectivity index (χ3v) is 6.33. The van der Waals surface area contributed by atoms with E-state index in [-0.39, 0.29) is 6.10 Å². The number of hydrogen-bond donors (Lipinski definition) is 0. The minimum atomic E-state index is 0.200. The van der Waals surface area contributed by atoms with Gasteiger partial charge in [-0.1, -0.05) is 49.7 Å². The number of rotatable bonds is 6.